The lowest BCUT2D eigenvalue weighted by molar-refractivity contribution is -0.119. The van der Waals surface area contributed by atoms with Crippen LogP contribution in [0.15, 0.2) is 53.7 Å². The van der Waals surface area contributed by atoms with E-state index in [1.54, 1.807) is 22.8 Å². The number of thioether (sulfide) groups is 1. The van der Waals surface area contributed by atoms with E-state index in [-0.39, 0.29) is 23.5 Å². The third kappa shape index (κ3) is 5.07. The van der Waals surface area contributed by atoms with Crippen molar-refractivity contribution in [1.82, 2.24) is 20.1 Å². The van der Waals surface area contributed by atoms with Gasteiger partial charge < -0.3 is 10.1 Å². The summed E-state index contributed by atoms with van der Waals surface area (Å²) >= 11 is 1.25. The molecule has 0 saturated heterocycles. The number of hydrogen-bond acceptors (Lipinski definition) is 5. The first kappa shape index (κ1) is 21.4. The molecule has 3 aromatic rings. The fourth-order valence-corrected chi connectivity index (χ4v) is 4.49. The van der Waals surface area contributed by atoms with E-state index in [1.165, 1.54) is 17.8 Å². The molecule has 0 unspecified atom stereocenters. The van der Waals surface area contributed by atoms with Crippen molar-refractivity contribution in [2.24, 2.45) is 0 Å². The van der Waals surface area contributed by atoms with Gasteiger partial charge in [0.25, 0.3) is 0 Å². The molecule has 1 N–H and O–H groups in total. The quantitative estimate of drug-likeness (QED) is 0.518. The maximum atomic E-state index is 14.7. The molecule has 1 amide bonds. The number of carbonyl (C=O) groups excluding carboxylic acids is 1. The van der Waals surface area contributed by atoms with E-state index in [2.05, 4.69) is 15.5 Å². The summed E-state index contributed by atoms with van der Waals surface area (Å²) in [4.78, 5) is 12.4. The lowest BCUT2D eigenvalue weighted by Crippen LogP contribution is -2.33. The molecule has 162 valence electrons. The molecule has 0 aliphatic heterocycles. The number of halogens is 1. The number of hydrogen-bond donors (Lipinski definition) is 1. The van der Waals surface area contributed by atoms with E-state index in [0.29, 0.717) is 23.3 Å². The van der Waals surface area contributed by atoms with Crippen molar-refractivity contribution >= 4 is 17.7 Å². The molecule has 0 atom stereocenters. The fraction of sp³-hybridized carbons (Fsp3) is 0.348. The number of nitrogens with zero attached hydrogens (tertiary/aromatic N) is 3. The van der Waals surface area contributed by atoms with Crippen molar-refractivity contribution in [2.75, 3.05) is 12.4 Å². The number of aromatic nitrogens is 3. The average molecular weight is 441 g/mol. The van der Waals surface area contributed by atoms with Gasteiger partial charge in [-0.25, -0.2) is 4.39 Å². The Hall–Kier alpha value is -2.87. The summed E-state index contributed by atoms with van der Waals surface area (Å²) < 4.78 is 21.8. The normalized spacial score (nSPS) is 14.0. The first-order valence-corrected chi connectivity index (χ1v) is 11.5. The monoisotopic (exact) mass is 440 g/mol. The minimum atomic E-state index is -0.383. The Bertz CT molecular complexity index is 1030. The van der Waals surface area contributed by atoms with E-state index in [0.717, 1.165) is 37.0 Å². The molecule has 1 aliphatic carbocycles. The fourth-order valence-electron chi connectivity index (χ4n) is 3.74. The molecule has 4 rings (SSSR count). The van der Waals surface area contributed by atoms with E-state index in [1.807, 2.05) is 31.2 Å². The van der Waals surface area contributed by atoms with Crippen LogP contribution >= 0.6 is 11.8 Å². The topological polar surface area (TPSA) is 69.0 Å². The molecule has 31 heavy (non-hydrogen) atoms. The first-order valence-electron chi connectivity index (χ1n) is 10.5. The average Bonchev–Trinajstić information content (AvgIpc) is 3.43. The van der Waals surface area contributed by atoms with Crippen LogP contribution in [0.1, 0.15) is 32.6 Å². The van der Waals surface area contributed by atoms with Gasteiger partial charge in [0, 0.05) is 11.6 Å². The molecule has 1 fully saturated rings. The molecular weight excluding hydrogens is 415 g/mol. The third-order valence-electron chi connectivity index (χ3n) is 5.20. The van der Waals surface area contributed by atoms with Crippen molar-refractivity contribution in [3.63, 3.8) is 0 Å². The van der Waals surface area contributed by atoms with Crippen LogP contribution in [0.2, 0.25) is 0 Å². The highest BCUT2D eigenvalue weighted by Crippen LogP contribution is 2.30. The summed E-state index contributed by atoms with van der Waals surface area (Å²) in [6.07, 6.45) is 4.38. The molecule has 8 heteroatoms. The molecule has 0 spiro atoms. The predicted octanol–water partition coefficient (Wildman–Crippen LogP) is 4.62. The number of para-hydroxylation sites is 1. The van der Waals surface area contributed by atoms with Crippen LogP contribution in [0.4, 0.5) is 4.39 Å². The van der Waals surface area contributed by atoms with Crippen LogP contribution in [0, 0.1) is 5.82 Å². The lowest BCUT2D eigenvalue weighted by Gasteiger charge is -2.13. The van der Waals surface area contributed by atoms with Crippen LogP contribution in [-0.4, -0.2) is 39.1 Å². The van der Waals surface area contributed by atoms with Crippen LogP contribution in [0.3, 0.4) is 0 Å². The lowest BCUT2D eigenvalue weighted by atomic mass is 10.2. The van der Waals surface area contributed by atoms with Gasteiger partial charge in [0.05, 0.1) is 18.0 Å². The summed E-state index contributed by atoms with van der Waals surface area (Å²) in [5.74, 6) is 1.04. The highest BCUT2D eigenvalue weighted by molar-refractivity contribution is 7.99. The Labute approximate surface area is 185 Å². The van der Waals surface area contributed by atoms with Gasteiger partial charge in [-0.2, -0.15) is 0 Å². The van der Waals surface area contributed by atoms with Crippen molar-refractivity contribution in [3.8, 4) is 22.8 Å². The molecule has 1 aromatic heterocycles. The van der Waals surface area contributed by atoms with Crippen LogP contribution < -0.4 is 10.1 Å². The zero-order chi connectivity index (χ0) is 21.6. The Morgan fingerprint density at radius 2 is 1.90 bits per heavy atom. The highest BCUT2D eigenvalue weighted by Gasteiger charge is 2.21. The Balaban J connectivity index is 1.61. The van der Waals surface area contributed by atoms with Gasteiger partial charge in [-0.15, -0.1) is 10.2 Å². The van der Waals surface area contributed by atoms with Crippen LogP contribution in [0.5, 0.6) is 5.75 Å². The summed E-state index contributed by atoms with van der Waals surface area (Å²) in [5, 5.41) is 12.1. The third-order valence-corrected chi connectivity index (χ3v) is 6.13. The highest BCUT2D eigenvalue weighted by atomic mass is 32.2. The molecule has 0 radical (unpaired) electrons. The molecule has 1 heterocycles. The Morgan fingerprint density at radius 1 is 1.16 bits per heavy atom. The van der Waals surface area contributed by atoms with E-state index >= 15 is 0 Å². The Kier molecular flexibility index (Phi) is 6.86. The summed E-state index contributed by atoms with van der Waals surface area (Å²) in [6.45, 7) is 2.50. The molecular formula is C23H25FN4O2S. The second kappa shape index (κ2) is 9.96. The van der Waals surface area contributed by atoms with Crippen LogP contribution in [0.25, 0.3) is 17.1 Å². The molecule has 1 saturated carbocycles. The minimum Gasteiger partial charge on any atom is -0.494 e. The van der Waals surface area contributed by atoms with Gasteiger partial charge >= 0.3 is 0 Å². The summed E-state index contributed by atoms with van der Waals surface area (Å²) in [5.41, 5.74) is 1.12. The number of nitrogens with one attached hydrogen (secondary N) is 1. The standard InChI is InChI=1S/C23H25FN4O2S/c1-2-30-18-13-11-16(12-14-18)22-26-27-23(28(22)20-10-6-5-9-19(20)24)31-15-21(29)25-17-7-3-4-8-17/h5-6,9-14,17H,2-4,7-8,15H2,1H3,(H,25,29). The first-order chi connectivity index (χ1) is 15.2. The van der Waals surface area contributed by atoms with Crippen molar-refractivity contribution < 1.29 is 13.9 Å². The number of ether oxygens (including phenoxy) is 1. The zero-order valence-corrected chi connectivity index (χ0v) is 18.2. The molecule has 0 bridgehead atoms. The van der Waals surface area contributed by atoms with Crippen molar-refractivity contribution in [2.45, 2.75) is 43.8 Å². The second-order valence-corrected chi connectivity index (χ2v) is 8.33. The van der Waals surface area contributed by atoms with Gasteiger partial charge in [-0.05, 0) is 56.2 Å². The SMILES string of the molecule is CCOc1ccc(-c2nnc(SCC(=O)NC3CCCC3)n2-c2ccccc2F)cc1. The van der Waals surface area contributed by atoms with Gasteiger partial charge in [-0.3, -0.25) is 9.36 Å². The molecule has 6 nitrogen and oxygen atoms in total. The van der Waals surface area contributed by atoms with Crippen molar-refractivity contribution in [3.05, 3.63) is 54.3 Å². The number of carbonyl (C=O) groups is 1. The van der Waals surface area contributed by atoms with E-state index < -0.39 is 0 Å². The number of amides is 1. The number of benzene rings is 2. The van der Waals surface area contributed by atoms with Crippen molar-refractivity contribution in [1.29, 1.82) is 0 Å². The molecule has 2 aromatic carbocycles. The van der Waals surface area contributed by atoms with E-state index in [9.17, 15) is 9.18 Å². The summed E-state index contributed by atoms with van der Waals surface area (Å²) in [6, 6.07) is 14.2. The Morgan fingerprint density at radius 3 is 2.61 bits per heavy atom. The molecule has 1 aliphatic rings. The van der Waals surface area contributed by atoms with Gasteiger partial charge in [-0.1, -0.05) is 36.7 Å². The zero-order valence-electron chi connectivity index (χ0n) is 17.4. The smallest absolute Gasteiger partial charge is 0.230 e. The van der Waals surface area contributed by atoms with E-state index in [4.69, 9.17) is 4.74 Å². The summed E-state index contributed by atoms with van der Waals surface area (Å²) in [7, 11) is 0. The predicted molar refractivity (Wildman–Crippen MR) is 119 cm³/mol. The van der Waals surface area contributed by atoms with Gasteiger partial charge in [0.1, 0.15) is 11.6 Å². The minimum absolute atomic E-state index is 0.0393. The van der Waals surface area contributed by atoms with Gasteiger partial charge in [0.15, 0.2) is 11.0 Å². The van der Waals surface area contributed by atoms with Crippen LogP contribution in [-0.2, 0) is 4.79 Å². The largest absolute Gasteiger partial charge is 0.494 e. The number of rotatable bonds is 8. The maximum Gasteiger partial charge on any atom is 0.230 e. The van der Waals surface area contributed by atoms with Gasteiger partial charge in [0.2, 0.25) is 5.91 Å². The second-order valence-electron chi connectivity index (χ2n) is 7.39. The maximum absolute atomic E-state index is 14.7.